The van der Waals surface area contributed by atoms with E-state index >= 15 is 0 Å². The second-order valence-corrected chi connectivity index (χ2v) is 7.49. The molecule has 0 radical (unpaired) electrons. The van der Waals surface area contributed by atoms with Gasteiger partial charge in [0.15, 0.2) is 0 Å². The van der Waals surface area contributed by atoms with Gasteiger partial charge in [0.05, 0.1) is 4.88 Å². The Morgan fingerprint density at radius 2 is 2.23 bits per heavy atom. The molecule has 5 heteroatoms. The molecule has 3 nitrogen and oxygen atoms in total. The number of benzene rings is 1. The molecule has 112 valence electrons. The Hall–Kier alpha value is -1.69. The van der Waals surface area contributed by atoms with Gasteiger partial charge in [0.25, 0.3) is 0 Å². The van der Waals surface area contributed by atoms with Gasteiger partial charge in [-0.1, -0.05) is 18.2 Å². The van der Waals surface area contributed by atoms with E-state index in [0.717, 1.165) is 30.0 Å². The van der Waals surface area contributed by atoms with Crippen LogP contribution in [0.15, 0.2) is 41.9 Å². The van der Waals surface area contributed by atoms with Crippen molar-refractivity contribution in [3.05, 3.63) is 57.9 Å². The predicted octanol–water partition coefficient (Wildman–Crippen LogP) is 4.35. The average molecular weight is 328 g/mol. The summed E-state index contributed by atoms with van der Waals surface area (Å²) in [5.41, 5.74) is 2.34. The highest BCUT2D eigenvalue weighted by molar-refractivity contribution is 7.20. The van der Waals surface area contributed by atoms with E-state index in [2.05, 4.69) is 33.9 Å². The molecular weight excluding hydrogens is 312 g/mol. The molecular formula is C17H16N2OS2. The third-order valence-electron chi connectivity index (χ3n) is 4.05. The van der Waals surface area contributed by atoms with Crippen LogP contribution in [0.5, 0.6) is 5.75 Å². The monoisotopic (exact) mass is 328 g/mol. The van der Waals surface area contributed by atoms with Crippen molar-refractivity contribution < 1.29 is 5.11 Å². The third kappa shape index (κ3) is 2.56. The molecule has 4 rings (SSSR count). The number of rotatable bonds is 4. The number of hydrogen-bond donors (Lipinski definition) is 2. The van der Waals surface area contributed by atoms with E-state index in [0.29, 0.717) is 11.8 Å². The molecule has 2 heterocycles. The molecule has 1 aliphatic rings. The summed E-state index contributed by atoms with van der Waals surface area (Å²) in [6, 6.07) is 10.3. The first-order chi connectivity index (χ1) is 10.8. The zero-order valence-electron chi connectivity index (χ0n) is 12.0. The lowest BCUT2D eigenvalue weighted by Gasteiger charge is -2.13. The van der Waals surface area contributed by atoms with Crippen molar-refractivity contribution in [1.82, 2.24) is 10.3 Å². The van der Waals surface area contributed by atoms with Crippen LogP contribution in [0.4, 0.5) is 0 Å². The van der Waals surface area contributed by atoms with Crippen molar-refractivity contribution in [3.8, 4) is 15.6 Å². The topological polar surface area (TPSA) is 45.1 Å². The number of phenolic OH excluding ortho intramolecular Hbond substituents is 1. The molecule has 0 bridgehead atoms. The predicted molar refractivity (Wildman–Crippen MR) is 91.4 cm³/mol. The van der Waals surface area contributed by atoms with Crippen molar-refractivity contribution in [2.45, 2.75) is 25.4 Å². The Balaban J connectivity index is 1.45. The maximum absolute atomic E-state index is 9.91. The van der Waals surface area contributed by atoms with E-state index < -0.39 is 0 Å². The molecule has 0 amide bonds. The van der Waals surface area contributed by atoms with Gasteiger partial charge in [0.2, 0.25) is 0 Å². The van der Waals surface area contributed by atoms with Crippen LogP contribution in [0.1, 0.15) is 28.5 Å². The van der Waals surface area contributed by atoms with Crippen LogP contribution in [0.25, 0.3) is 9.88 Å². The minimum atomic E-state index is 0.328. The molecule has 1 aromatic carbocycles. The molecule has 2 N–H and O–H groups in total. The number of aromatic hydroxyl groups is 1. The number of thiophene rings is 1. The van der Waals surface area contributed by atoms with Crippen LogP contribution in [0.3, 0.4) is 0 Å². The third-order valence-corrected chi connectivity index (χ3v) is 6.09. The molecule has 1 atom stereocenters. The van der Waals surface area contributed by atoms with Gasteiger partial charge >= 0.3 is 0 Å². The zero-order valence-corrected chi connectivity index (χ0v) is 13.6. The standard InChI is InChI=1S/C17H16N2OS2/c20-15-4-1-3-12-13(15)6-7-14(12)18-9-11-10-19-17(22-11)16-5-2-8-21-16/h1-5,8,10,14,18,20H,6-7,9H2/t14-/m0/s1. The van der Waals surface area contributed by atoms with Gasteiger partial charge in [-0.2, -0.15) is 0 Å². The SMILES string of the molecule is Oc1cccc2c1CC[C@@H]2NCc1cnc(-c2cccs2)s1. The largest absolute Gasteiger partial charge is 0.508 e. The van der Waals surface area contributed by atoms with Crippen molar-refractivity contribution in [2.75, 3.05) is 0 Å². The summed E-state index contributed by atoms with van der Waals surface area (Å²) in [6.07, 6.45) is 3.96. The van der Waals surface area contributed by atoms with E-state index in [1.165, 1.54) is 15.3 Å². The molecule has 2 aromatic heterocycles. The Labute approximate surface area is 137 Å². The van der Waals surface area contributed by atoms with E-state index in [4.69, 9.17) is 0 Å². The zero-order chi connectivity index (χ0) is 14.9. The lowest BCUT2D eigenvalue weighted by atomic mass is 10.1. The number of thiazole rings is 1. The van der Waals surface area contributed by atoms with Crippen LogP contribution < -0.4 is 5.32 Å². The van der Waals surface area contributed by atoms with Crippen LogP contribution in [0, 0.1) is 0 Å². The summed E-state index contributed by atoms with van der Waals surface area (Å²) in [5, 5.41) is 16.7. The number of fused-ring (bicyclic) bond motifs is 1. The van der Waals surface area contributed by atoms with Crippen molar-refractivity contribution in [2.24, 2.45) is 0 Å². The summed E-state index contributed by atoms with van der Waals surface area (Å²) in [7, 11) is 0. The lowest BCUT2D eigenvalue weighted by Crippen LogP contribution is -2.17. The average Bonchev–Trinajstić information content (AvgIpc) is 3.26. The smallest absolute Gasteiger partial charge is 0.133 e. The van der Waals surface area contributed by atoms with Gasteiger partial charge in [-0.15, -0.1) is 22.7 Å². The fourth-order valence-electron chi connectivity index (χ4n) is 2.97. The molecule has 0 fully saturated rings. The summed E-state index contributed by atoms with van der Waals surface area (Å²) >= 11 is 3.47. The van der Waals surface area contributed by atoms with E-state index in [1.54, 1.807) is 28.7 Å². The second kappa shape index (κ2) is 5.83. The lowest BCUT2D eigenvalue weighted by molar-refractivity contribution is 0.469. The highest BCUT2D eigenvalue weighted by Crippen LogP contribution is 2.36. The highest BCUT2D eigenvalue weighted by atomic mass is 32.1. The van der Waals surface area contributed by atoms with Crippen molar-refractivity contribution >= 4 is 22.7 Å². The minimum absolute atomic E-state index is 0.328. The van der Waals surface area contributed by atoms with Gasteiger partial charge in [0.1, 0.15) is 10.8 Å². The summed E-state index contributed by atoms with van der Waals surface area (Å²) in [6.45, 7) is 0.822. The maximum atomic E-state index is 9.91. The molecule has 0 unspecified atom stereocenters. The highest BCUT2D eigenvalue weighted by Gasteiger charge is 2.24. The van der Waals surface area contributed by atoms with Crippen LogP contribution in [0.2, 0.25) is 0 Å². The molecule has 0 saturated heterocycles. The quantitative estimate of drug-likeness (QED) is 0.748. The summed E-state index contributed by atoms with van der Waals surface area (Å²) < 4.78 is 0. The van der Waals surface area contributed by atoms with Crippen LogP contribution >= 0.6 is 22.7 Å². The Bertz CT molecular complexity index is 780. The number of phenols is 1. The molecule has 1 aliphatic carbocycles. The Morgan fingerprint density at radius 1 is 1.27 bits per heavy atom. The maximum Gasteiger partial charge on any atom is 0.133 e. The molecule has 0 aliphatic heterocycles. The molecule has 22 heavy (non-hydrogen) atoms. The van der Waals surface area contributed by atoms with Gasteiger partial charge in [0, 0.05) is 23.7 Å². The van der Waals surface area contributed by atoms with Crippen LogP contribution in [-0.4, -0.2) is 10.1 Å². The molecule has 0 spiro atoms. The fraction of sp³-hybridized carbons (Fsp3) is 0.235. The fourth-order valence-corrected chi connectivity index (χ4v) is 4.64. The molecule has 0 saturated carbocycles. The molecule has 3 aromatic rings. The number of aromatic nitrogens is 1. The minimum Gasteiger partial charge on any atom is -0.508 e. The number of hydrogen-bond acceptors (Lipinski definition) is 5. The van der Waals surface area contributed by atoms with Gasteiger partial charge in [-0.3, -0.25) is 0 Å². The second-order valence-electron chi connectivity index (χ2n) is 5.43. The van der Waals surface area contributed by atoms with Gasteiger partial charge in [-0.05, 0) is 41.5 Å². The van der Waals surface area contributed by atoms with Gasteiger partial charge < -0.3 is 10.4 Å². The van der Waals surface area contributed by atoms with Crippen molar-refractivity contribution in [3.63, 3.8) is 0 Å². The first-order valence-corrected chi connectivity index (χ1v) is 9.03. The van der Waals surface area contributed by atoms with E-state index in [9.17, 15) is 5.11 Å². The number of nitrogens with zero attached hydrogens (tertiary/aromatic N) is 1. The first-order valence-electron chi connectivity index (χ1n) is 7.34. The van der Waals surface area contributed by atoms with E-state index in [1.807, 2.05) is 12.3 Å². The Morgan fingerprint density at radius 3 is 3.09 bits per heavy atom. The van der Waals surface area contributed by atoms with Gasteiger partial charge in [-0.25, -0.2) is 4.98 Å². The first kappa shape index (κ1) is 13.9. The van der Waals surface area contributed by atoms with Crippen LogP contribution in [-0.2, 0) is 13.0 Å². The summed E-state index contributed by atoms with van der Waals surface area (Å²) in [4.78, 5) is 6.99. The van der Waals surface area contributed by atoms with Crippen molar-refractivity contribution in [1.29, 1.82) is 0 Å². The number of nitrogens with one attached hydrogen (secondary N) is 1. The Kier molecular flexibility index (Phi) is 3.70. The normalized spacial score (nSPS) is 16.8. The summed E-state index contributed by atoms with van der Waals surface area (Å²) in [5.74, 6) is 0.430. The van der Waals surface area contributed by atoms with E-state index in [-0.39, 0.29) is 0 Å².